The highest BCUT2D eigenvalue weighted by molar-refractivity contribution is 6.58. The van der Waals surface area contributed by atoms with Gasteiger partial charge in [-0.15, -0.1) is 0 Å². The molecule has 31 heavy (non-hydrogen) atoms. The Morgan fingerprint density at radius 2 is 1.45 bits per heavy atom. The Labute approximate surface area is 181 Å². The number of halogens is 6. The summed E-state index contributed by atoms with van der Waals surface area (Å²) >= 11 is 0. The molecule has 1 aliphatic carbocycles. The van der Waals surface area contributed by atoms with Gasteiger partial charge in [-0.2, -0.15) is 13.2 Å². The molecule has 0 bridgehead atoms. The summed E-state index contributed by atoms with van der Waals surface area (Å²) in [5.74, 6) is -2.13. The Morgan fingerprint density at radius 1 is 0.871 bits per heavy atom. The van der Waals surface area contributed by atoms with E-state index in [1.807, 2.05) is 0 Å². The number of unbranched alkanes of at least 4 members (excludes halogenated alkanes) is 1. The Kier molecular flexibility index (Phi) is 8.92. The summed E-state index contributed by atoms with van der Waals surface area (Å²) in [6, 6.07) is 3.80. The van der Waals surface area contributed by atoms with Crippen molar-refractivity contribution < 1.29 is 31.1 Å². The smallest absolute Gasteiger partial charge is 0.344 e. The van der Waals surface area contributed by atoms with E-state index in [0.29, 0.717) is 17.9 Å². The number of rotatable bonds is 8. The molecule has 1 aromatic carbocycles. The molecule has 1 aliphatic heterocycles. The second-order valence-corrected chi connectivity index (χ2v) is 12.5. The minimum absolute atomic E-state index is 0.000912. The van der Waals surface area contributed by atoms with E-state index >= 15 is 0 Å². The van der Waals surface area contributed by atoms with E-state index in [-0.39, 0.29) is 12.6 Å². The van der Waals surface area contributed by atoms with E-state index in [1.54, 1.807) is 0 Å². The first-order valence-corrected chi connectivity index (χ1v) is 13.8. The lowest BCUT2D eigenvalue weighted by atomic mass is 9.72. The average molecular weight is 465 g/mol. The van der Waals surface area contributed by atoms with Crippen LogP contribution in [0.15, 0.2) is 24.2 Å². The Morgan fingerprint density at radius 3 is 2.00 bits per heavy atom. The van der Waals surface area contributed by atoms with Gasteiger partial charge in [0.25, 0.3) is 0 Å². The van der Waals surface area contributed by atoms with Crippen LogP contribution in [0.5, 0.6) is 5.75 Å². The van der Waals surface area contributed by atoms with E-state index in [0.717, 1.165) is 50.2 Å². The van der Waals surface area contributed by atoms with Crippen LogP contribution in [0.1, 0.15) is 62.8 Å². The van der Waals surface area contributed by atoms with Crippen molar-refractivity contribution in [3.63, 3.8) is 0 Å². The first kappa shape index (κ1) is 24.2. The predicted octanol–water partition coefficient (Wildman–Crippen LogP) is 8.04. The van der Waals surface area contributed by atoms with Crippen LogP contribution in [0, 0.1) is 23.5 Å². The van der Waals surface area contributed by atoms with Crippen LogP contribution in [0.25, 0.3) is 0 Å². The van der Waals surface area contributed by atoms with E-state index in [4.69, 9.17) is 0 Å². The zero-order valence-corrected chi connectivity index (χ0v) is 18.8. The highest BCUT2D eigenvalue weighted by atomic mass is 28.3. The van der Waals surface area contributed by atoms with Crippen molar-refractivity contribution >= 4 is 8.80 Å². The number of alkyl halides is 1. The third-order valence-corrected chi connectivity index (χ3v) is 10.7. The van der Waals surface area contributed by atoms with Gasteiger partial charge >= 0.3 is 12.1 Å². The monoisotopic (exact) mass is 464 g/mol. The molecule has 0 N–H and O–H groups in total. The first-order valence-electron chi connectivity index (χ1n) is 11.3. The third kappa shape index (κ3) is 6.53. The molecular weight excluding hydrogens is 434 g/mol. The minimum atomic E-state index is -2.77. The van der Waals surface area contributed by atoms with Gasteiger partial charge < -0.3 is 4.74 Å². The van der Waals surface area contributed by atoms with Crippen molar-refractivity contribution in [2.24, 2.45) is 11.8 Å². The Balaban J connectivity index is 1.51. The fourth-order valence-corrected chi connectivity index (χ4v) is 8.97. The molecule has 0 radical (unpaired) electrons. The fourth-order valence-electron chi connectivity index (χ4n) is 5.44. The van der Waals surface area contributed by atoms with Gasteiger partial charge in [0.15, 0.2) is 11.6 Å². The summed E-state index contributed by atoms with van der Waals surface area (Å²) in [5.41, 5.74) is 0.467. The SMILES string of the molecule is FCCCC[Si@H]1CC[C@H]([C@H]2CC[C@H](c3cc(F)c(OC(F)=C(F)F)c(F)c3)CC2)CC1. The highest BCUT2D eigenvalue weighted by Crippen LogP contribution is 2.44. The molecule has 2 aliphatic rings. The largest absolute Gasteiger partial charge is 0.422 e. The molecule has 0 spiro atoms. The molecule has 1 nitrogen and oxygen atoms in total. The molecule has 0 aromatic heterocycles. The van der Waals surface area contributed by atoms with E-state index in [2.05, 4.69) is 4.74 Å². The molecular formula is C23H30F6OSi. The lowest BCUT2D eigenvalue weighted by molar-refractivity contribution is 0.214. The van der Waals surface area contributed by atoms with Crippen molar-refractivity contribution in [1.29, 1.82) is 0 Å². The summed E-state index contributed by atoms with van der Waals surface area (Å²) in [6.07, 6.45) is 5.16. The van der Waals surface area contributed by atoms with Crippen LogP contribution < -0.4 is 4.74 Å². The van der Waals surface area contributed by atoms with Gasteiger partial charge in [0.05, 0.1) is 6.67 Å². The van der Waals surface area contributed by atoms with Crippen LogP contribution in [0.4, 0.5) is 26.3 Å². The van der Waals surface area contributed by atoms with Crippen LogP contribution in [0.3, 0.4) is 0 Å². The lowest BCUT2D eigenvalue weighted by Gasteiger charge is -2.37. The van der Waals surface area contributed by atoms with Crippen molar-refractivity contribution in [3.05, 3.63) is 41.4 Å². The molecule has 1 aromatic rings. The number of hydrogen-bond acceptors (Lipinski definition) is 1. The maximum atomic E-state index is 14.2. The van der Waals surface area contributed by atoms with Gasteiger partial charge in [-0.05, 0) is 67.6 Å². The van der Waals surface area contributed by atoms with E-state index in [1.165, 1.54) is 31.0 Å². The maximum Gasteiger partial charge on any atom is 0.344 e. The average Bonchev–Trinajstić information content (AvgIpc) is 2.76. The lowest BCUT2D eigenvalue weighted by Crippen LogP contribution is -2.28. The molecule has 3 rings (SSSR count). The number of ether oxygens (including phenoxy) is 1. The van der Waals surface area contributed by atoms with Crippen LogP contribution in [0.2, 0.25) is 18.1 Å². The summed E-state index contributed by atoms with van der Waals surface area (Å²) in [6.45, 7) is -0.208. The fraction of sp³-hybridized carbons (Fsp3) is 0.652. The van der Waals surface area contributed by atoms with Crippen LogP contribution in [-0.2, 0) is 0 Å². The summed E-state index contributed by atoms with van der Waals surface area (Å²) in [4.78, 5) is 0. The second-order valence-electron chi connectivity index (χ2n) is 9.03. The standard InChI is InChI=1S/C23H30F6OSi/c24-9-1-2-10-31-11-7-17(8-12-31)15-3-5-16(6-4-15)18-13-19(25)21(20(26)14-18)30-23(29)22(27)28/h13-17,31H,1-12H2/t15-,16-,17-,31-. The highest BCUT2D eigenvalue weighted by Gasteiger charge is 2.32. The molecule has 0 atom stereocenters. The van der Waals surface area contributed by atoms with Crippen molar-refractivity contribution in [3.8, 4) is 5.75 Å². The van der Waals surface area contributed by atoms with Crippen LogP contribution in [-0.4, -0.2) is 15.5 Å². The van der Waals surface area contributed by atoms with Gasteiger partial charge in [-0.1, -0.05) is 37.4 Å². The van der Waals surface area contributed by atoms with E-state index < -0.39 is 38.3 Å². The zero-order chi connectivity index (χ0) is 22.4. The van der Waals surface area contributed by atoms with Gasteiger partial charge in [0.1, 0.15) is 0 Å². The predicted molar refractivity (Wildman–Crippen MR) is 112 cm³/mol. The molecule has 0 amide bonds. The molecule has 1 saturated heterocycles. The topological polar surface area (TPSA) is 9.23 Å². The van der Waals surface area contributed by atoms with E-state index in [9.17, 15) is 26.3 Å². The quantitative estimate of drug-likeness (QED) is 0.164. The molecule has 1 heterocycles. The number of hydrogen-bond donors (Lipinski definition) is 0. The zero-order valence-electron chi connectivity index (χ0n) is 17.6. The molecule has 8 heteroatoms. The van der Waals surface area contributed by atoms with Crippen molar-refractivity contribution in [2.45, 2.75) is 75.4 Å². The molecule has 174 valence electrons. The van der Waals surface area contributed by atoms with Crippen molar-refractivity contribution in [1.82, 2.24) is 0 Å². The molecule has 0 unspecified atom stereocenters. The van der Waals surface area contributed by atoms with Crippen LogP contribution >= 0.6 is 0 Å². The van der Waals surface area contributed by atoms with Gasteiger partial charge in [0.2, 0.25) is 5.75 Å². The molecule has 2 fully saturated rings. The summed E-state index contributed by atoms with van der Waals surface area (Å²) < 4.78 is 81.9. The first-order chi connectivity index (χ1) is 14.9. The number of benzene rings is 1. The third-order valence-electron chi connectivity index (χ3n) is 7.16. The van der Waals surface area contributed by atoms with Gasteiger partial charge in [0, 0.05) is 8.80 Å². The van der Waals surface area contributed by atoms with Gasteiger partial charge in [-0.25, -0.2) is 8.78 Å². The summed E-state index contributed by atoms with van der Waals surface area (Å²) in [7, 11) is -0.684. The Bertz CT molecular complexity index is 727. The van der Waals surface area contributed by atoms with Gasteiger partial charge in [-0.3, -0.25) is 4.39 Å². The Hall–Kier alpha value is -1.44. The normalized spacial score (nSPS) is 26.5. The second kappa shape index (κ2) is 11.4. The van der Waals surface area contributed by atoms with Crippen molar-refractivity contribution in [2.75, 3.05) is 6.67 Å². The maximum absolute atomic E-state index is 14.2. The molecule has 1 saturated carbocycles. The summed E-state index contributed by atoms with van der Waals surface area (Å²) in [5, 5.41) is 0. The minimum Gasteiger partial charge on any atom is -0.422 e.